The van der Waals surface area contributed by atoms with Crippen LogP contribution in [0, 0.1) is 0 Å². The summed E-state index contributed by atoms with van der Waals surface area (Å²) in [5.74, 6) is -1.18. The van der Waals surface area contributed by atoms with Crippen LogP contribution in [-0.4, -0.2) is 10.9 Å². The molecule has 2 aromatic carbocycles. The summed E-state index contributed by atoms with van der Waals surface area (Å²) in [5, 5.41) is 9.96. The number of rotatable bonds is 2. The molecular weight excluding hydrogens is 305 g/mol. The van der Waals surface area contributed by atoms with Gasteiger partial charge in [0.25, 0.3) is 0 Å². The Morgan fingerprint density at radius 1 is 0.913 bits per heavy atom. The minimum atomic E-state index is -4.75. The predicted octanol–water partition coefficient (Wildman–Crippen LogP) is 4.94. The minimum Gasteiger partial charge on any atom is -0.508 e. The number of phenolic OH excluding ortho intramolecular Hbond substituents is 1. The molecule has 0 aromatic heterocycles. The molecule has 0 saturated carbocycles. The van der Waals surface area contributed by atoms with Gasteiger partial charge in [0, 0.05) is 16.7 Å². The van der Waals surface area contributed by atoms with E-state index < -0.39 is 34.3 Å². The highest BCUT2D eigenvalue weighted by atomic mass is 19.4. The van der Waals surface area contributed by atoms with Gasteiger partial charge in [0.15, 0.2) is 5.78 Å². The van der Waals surface area contributed by atoms with Gasteiger partial charge in [0.2, 0.25) is 0 Å². The van der Waals surface area contributed by atoms with Crippen molar-refractivity contribution in [3.05, 3.63) is 64.7 Å². The van der Waals surface area contributed by atoms with Crippen molar-refractivity contribution >= 4 is 5.78 Å². The summed E-state index contributed by atoms with van der Waals surface area (Å²) in [5.41, 5.74) is -2.59. The number of alkyl halides is 3. The molecule has 0 aliphatic rings. The van der Waals surface area contributed by atoms with Crippen molar-refractivity contribution in [3.8, 4) is 5.75 Å². The van der Waals surface area contributed by atoms with Crippen LogP contribution in [0.2, 0.25) is 0 Å². The number of phenols is 1. The molecule has 0 heterocycles. The monoisotopic (exact) mass is 322 g/mol. The molecule has 2 nitrogen and oxygen atoms in total. The Hall–Kier alpha value is -2.30. The summed E-state index contributed by atoms with van der Waals surface area (Å²) >= 11 is 0. The lowest BCUT2D eigenvalue weighted by molar-refractivity contribution is -0.139. The van der Waals surface area contributed by atoms with Gasteiger partial charge >= 0.3 is 6.18 Å². The van der Waals surface area contributed by atoms with Gasteiger partial charge in [-0.1, -0.05) is 51.1 Å². The van der Waals surface area contributed by atoms with Crippen molar-refractivity contribution in [3.63, 3.8) is 0 Å². The third kappa shape index (κ3) is 3.38. The minimum absolute atomic E-state index is 0.170. The van der Waals surface area contributed by atoms with Crippen LogP contribution in [0.25, 0.3) is 0 Å². The molecule has 5 heteroatoms. The highest BCUT2D eigenvalue weighted by Crippen LogP contribution is 2.44. The van der Waals surface area contributed by atoms with Gasteiger partial charge in [-0.25, -0.2) is 0 Å². The predicted molar refractivity (Wildman–Crippen MR) is 81.7 cm³/mol. The zero-order chi connectivity index (χ0) is 17.4. The number of ketones is 1. The summed E-state index contributed by atoms with van der Waals surface area (Å²) in [6, 6.07) is 9.96. The molecule has 0 fully saturated rings. The van der Waals surface area contributed by atoms with Crippen molar-refractivity contribution in [2.45, 2.75) is 32.4 Å². The van der Waals surface area contributed by atoms with E-state index in [0.717, 1.165) is 12.1 Å². The molecule has 0 radical (unpaired) electrons. The van der Waals surface area contributed by atoms with Gasteiger partial charge < -0.3 is 5.11 Å². The van der Waals surface area contributed by atoms with Gasteiger partial charge in [-0.3, -0.25) is 4.79 Å². The normalized spacial score (nSPS) is 12.3. The van der Waals surface area contributed by atoms with Crippen LogP contribution in [-0.2, 0) is 11.6 Å². The van der Waals surface area contributed by atoms with E-state index in [1.54, 1.807) is 39.0 Å². The average Bonchev–Trinajstić information content (AvgIpc) is 2.45. The van der Waals surface area contributed by atoms with Crippen LogP contribution >= 0.6 is 0 Å². The van der Waals surface area contributed by atoms with E-state index in [-0.39, 0.29) is 11.1 Å². The fourth-order valence-corrected chi connectivity index (χ4v) is 2.58. The lowest BCUT2D eigenvalue weighted by atomic mass is 9.80. The summed E-state index contributed by atoms with van der Waals surface area (Å²) in [6.07, 6.45) is -4.75. The van der Waals surface area contributed by atoms with Gasteiger partial charge in [-0.05, 0) is 17.5 Å². The number of carbonyl (C=O) groups excluding carboxylic acids is 1. The second-order valence-corrected chi connectivity index (χ2v) is 6.33. The first kappa shape index (κ1) is 17.1. The maximum absolute atomic E-state index is 13.6. The van der Waals surface area contributed by atoms with Crippen molar-refractivity contribution in [2.24, 2.45) is 0 Å². The van der Waals surface area contributed by atoms with Gasteiger partial charge in [-0.2, -0.15) is 13.2 Å². The number of halogens is 3. The molecule has 0 saturated heterocycles. The Morgan fingerprint density at radius 2 is 1.48 bits per heavy atom. The Kier molecular flexibility index (Phi) is 4.24. The first-order valence-corrected chi connectivity index (χ1v) is 7.07. The maximum atomic E-state index is 13.6. The van der Waals surface area contributed by atoms with E-state index >= 15 is 0 Å². The Bertz CT molecular complexity index is 726. The van der Waals surface area contributed by atoms with E-state index in [1.165, 1.54) is 12.1 Å². The van der Waals surface area contributed by atoms with E-state index in [2.05, 4.69) is 0 Å². The Labute approximate surface area is 132 Å². The molecule has 0 bridgehead atoms. The molecule has 2 rings (SSSR count). The third-order valence-electron chi connectivity index (χ3n) is 3.50. The van der Waals surface area contributed by atoms with Crippen molar-refractivity contribution in [1.82, 2.24) is 0 Å². The molecule has 0 aliphatic heterocycles. The fourth-order valence-electron chi connectivity index (χ4n) is 2.58. The number of aromatic hydroxyl groups is 1. The van der Waals surface area contributed by atoms with Crippen LogP contribution < -0.4 is 0 Å². The lowest BCUT2D eigenvalue weighted by Crippen LogP contribution is -2.23. The Balaban J connectivity index is 2.78. The second-order valence-electron chi connectivity index (χ2n) is 6.33. The van der Waals surface area contributed by atoms with E-state index in [4.69, 9.17) is 0 Å². The number of hydrogen-bond donors (Lipinski definition) is 1. The van der Waals surface area contributed by atoms with Crippen LogP contribution in [0.1, 0.15) is 47.8 Å². The van der Waals surface area contributed by atoms with Crippen molar-refractivity contribution in [2.75, 3.05) is 0 Å². The summed E-state index contributed by atoms with van der Waals surface area (Å²) in [6.45, 7) is 4.69. The molecule has 2 aromatic rings. The van der Waals surface area contributed by atoms with E-state index in [0.29, 0.717) is 0 Å². The van der Waals surface area contributed by atoms with Gasteiger partial charge in [-0.15, -0.1) is 0 Å². The van der Waals surface area contributed by atoms with Crippen LogP contribution in [0.15, 0.2) is 42.5 Å². The molecule has 122 valence electrons. The van der Waals surface area contributed by atoms with E-state index in [1.807, 2.05) is 0 Å². The molecule has 0 aliphatic carbocycles. The molecule has 0 amide bonds. The van der Waals surface area contributed by atoms with Gasteiger partial charge in [0.1, 0.15) is 5.75 Å². The van der Waals surface area contributed by atoms with Crippen molar-refractivity contribution < 1.29 is 23.1 Å². The molecule has 1 N–H and O–H groups in total. The number of carbonyl (C=O) groups is 1. The smallest absolute Gasteiger partial charge is 0.417 e. The van der Waals surface area contributed by atoms with Crippen molar-refractivity contribution in [1.29, 1.82) is 0 Å². The number of benzene rings is 2. The van der Waals surface area contributed by atoms with Crippen LogP contribution in [0.4, 0.5) is 13.2 Å². The third-order valence-corrected chi connectivity index (χ3v) is 3.50. The first-order valence-electron chi connectivity index (χ1n) is 7.07. The fraction of sp³-hybridized carbons (Fsp3) is 0.278. The van der Waals surface area contributed by atoms with Gasteiger partial charge in [0.05, 0.1) is 5.56 Å². The van der Waals surface area contributed by atoms with E-state index in [9.17, 15) is 23.1 Å². The summed E-state index contributed by atoms with van der Waals surface area (Å²) in [7, 11) is 0. The van der Waals surface area contributed by atoms with Crippen LogP contribution in [0.5, 0.6) is 5.75 Å². The molecule has 0 unspecified atom stereocenters. The topological polar surface area (TPSA) is 37.3 Å². The maximum Gasteiger partial charge on any atom is 0.417 e. The molecular formula is C18H17F3O2. The molecule has 23 heavy (non-hydrogen) atoms. The summed E-state index contributed by atoms with van der Waals surface area (Å²) in [4.78, 5) is 12.5. The quantitative estimate of drug-likeness (QED) is 0.795. The standard InChI is InChI=1S/C18H17F3O2/c1-17(2,3)15-13(22)10-9-12(14(15)18(19,20)21)16(23)11-7-5-4-6-8-11/h4-10,22H,1-3H3. The zero-order valence-electron chi connectivity index (χ0n) is 13.0. The molecule has 0 atom stereocenters. The lowest BCUT2D eigenvalue weighted by Gasteiger charge is -2.27. The largest absolute Gasteiger partial charge is 0.508 e. The number of hydrogen-bond acceptors (Lipinski definition) is 2. The first-order chi connectivity index (χ1) is 10.5. The highest BCUT2D eigenvalue weighted by molar-refractivity contribution is 6.10. The average molecular weight is 322 g/mol. The molecule has 0 spiro atoms. The Morgan fingerprint density at radius 3 is 1.96 bits per heavy atom. The second kappa shape index (κ2) is 5.72. The zero-order valence-corrected chi connectivity index (χ0v) is 13.0. The SMILES string of the molecule is CC(C)(C)c1c(O)ccc(C(=O)c2ccccc2)c1C(F)(F)F. The highest BCUT2D eigenvalue weighted by Gasteiger charge is 2.42. The van der Waals surface area contributed by atoms with Crippen LogP contribution in [0.3, 0.4) is 0 Å². The summed E-state index contributed by atoms with van der Waals surface area (Å²) < 4.78 is 40.9.